The fourth-order valence-corrected chi connectivity index (χ4v) is 2.62. The number of rotatable bonds is 3. The first-order chi connectivity index (χ1) is 10.2. The van der Waals surface area contributed by atoms with Gasteiger partial charge in [-0.2, -0.15) is 13.2 Å². The molecule has 0 atom stereocenters. The fourth-order valence-electron chi connectivity index (χ4n) is 2.62. The third-order valence-corrected chi connectivity index (χ3v) is 4.00. The molecule has 0 aliphatic carbocycles. The fraction of sp³-hybridized carbons (Fsp3) is 0.533. The number of halogens is 5. The van der Waals surface area contributed by atoms with Crippen LogP contribution in [0.15, 0.2) is 24.3 Å². The van der Waals surface area contributed by atoms with E-state index >= 15 is 0 Å². The van der Waals surface area contributed by atoms with Gasteiger partial charge in [-0.25, -0.2) is 0 Å². The number of piperidine rings is 1. The number of ether oxygens (including phenoxy) is 1. The second-order valence-corrected chi connectivity index (χ2v) is 5.62. The van der Waals surface area contributed by atoms with E-state index in [1.165, 1.54) is 13.2 Å². The lowest BCUT2D eigenvalue weighted by Gasteiger charge is -2.37. The first-order valence-electron chi connectivity index (χ1n) is 7.00. The lowest BCUT2D eigenvalue weighted by Crippen LogP contribution is -2.55. The summed E-state index contributed by atoms with van der Waals surface area (Å²) >= 11 is 0. The molecule has 1 aliphatic rings. The molecule has 2 rings (SSSR count). The van der Waals surface area contributed by atoms with Crippen LogP contribution in [0.25, 0.3) is 0 Å². The van der Waals surface area contributed by atoms with Crippen molar-refractivity contribution in [1.82, 2.24) is 4.90 Å². The van der Waals surface area contributed by atoms with E-state index in [1.54, 1.807) is 6.07 Å². The monoisotopic (exact) mass is 388 g/mol. The smallest absolute Gasteiger partial charge is 0.416 e. The van der Waals surface area contributed by atoms with Crippen LogP contribution in [0.4, 0.5) is 13.2 Å². The van der Waals surface area contributed by atoms with E-state index in [0.29, 0.717) is 38.0 Å². The van der Waals surface area contributed by atoms with Crippen LogP contribution in [0.1, 0.15) is 24.0 Å². The van der Waals surface area contributed by atoms with Crippen LogP contribution in [0.5, 0.6) is 0 Å². The normalized spacial score (nSPS) is 17.4. The molecule has 0 radical (unpaired) electrons. The molecule has 1 aliphatic heterocycles. The van der Waals surface area contributed by atoms with Gasteiger partial charge in [0.2, 0.25) is 0 Å². The summed E-state index contributed by atoms with van der Waals surface area (Å²) in [7, 11) is 1.30. The van der Waals surface area contributed by atoms with E-state index in [0.717, 1.165) is 12.1 Å². The van der Waals surface area contributed by atoms with Crippen LogP contribution < -0.4 is 5.73 Å². The summed E-state index contributed by atoms with van der Waals surface area (Å²) in [6, 6.07) is 5.29. The van der Waals surface area contributed by atoms with Gasteiger partial charge in [0.15, 0.2) is 0 Å². The largest absolute Gasteiger partial charge is 0.468 e. The Morgan fingerprint density at radius 2 is 1.88 bits per heavy atom. The van der Waals surface area contributed by atoms with E-state index < -0.39 is 23.2 Å². The first-order valence-corrected chi connectivity index (χ1v) is 7.00. The zero-order valence-corrected chi connectivity index (χ0v) is 14.8. The number of hydrogen-bond donors (Lipinski definition) is 1. The van der Waals surface area contributed by atoms with Gasteiger partial charge in [0.05, 0.1) is 12.7 Å². The summed E-state index contributed by atoms with van der Waals surface area (Å²) in [5.41, 5.74) is 4.96. The number of likely N-dealkylation sites (tertiary alicyclic amines) is 1. The van der Waals surface area contributed by atoms with Gasteiger partial charge in [-0.15, -0.1) is 24.8 Å². The summed E-state index contributed by atoms with van der Waals surface area (Å²) in [5, 5.41) is 0. The van der Waals surface area contributed by atoms with Gasteiger partial charge in [0, 0.05) is 19.6 Å². The predicted octanol–water partition coefficient (Wildman–Crippen LogP) is 3.02. The van der Waals surface area contributed by atoms with E-state index in [9.17, 15) is 18.0 Å². The number of hydrogen-bond acceptors (Lipinski definition) is 4. The second kappa shape index (κ2) is 8.89. The average molecular weight is 389 g/mol. The number of methoxy groups -OCH3 is 1. The molecule has 9 heteroatoms. The highest BCUT2D eigenvalue weighted by atomic mass is 35.5. The summed E-state index contributed by atoms with van der Waals surface area (Å²) in [5.74, 6) is -0.439. The maximum atomic E-state index is 12.7. The summed E-state index contributed by atoms with van der Waals surface area (Å²) in [4.78, 5) is 13.6. The zero-order chi connectivity index (χ0) is 16.4. The highest BCUT2D eigenvalue weighted by molar-refractivity contribution is 5.85. The van der Waals surface area contributed by atoms with Crippen LogP contribution >= 0.6 is 24.8 Å². The lowest BCUT2D eigenvalue weighted by atomic mass is 9.88. The maximum absolute atomic E-state index is 12.7. The number of esters is 1. The molecule has 1 aromatic rings. The number of carbonyl (C=O) groups excluding carboxylic acids is 1. The third kappa shape index (κ3) is 5.51. The van der Waals surface area contributed by atoms with Gasteiger partial charge in [0.1, 0.15) is 5.54 Å². The molecule has 1 fully saturated rings. The molecular formula is C15H21Cl2F3N2O2. The molecule has 1 heterocycles. The molecule has 138 valence electrons. The van der Waals surface area contributed by atoms with Gasteiger partial charge in [0.25, 0.3) is 0 Å². The van der Waals surface area contributed by atoms with Gasteiger partial charge in [-0.05, 0) is 24.5 Å². The summed E-state index contributed by atoms with van der Waals surface area (Å²) in [6.45, 7) is 1.49. The molecule has 0 saturated carbocycles. The Balaban J connectivity index is 0.00000264. The Kier molecular flexibility index (Phi) is 8.52. The predicted molar refractivity (Wildman–Crippen MR) is 89.4 cm³/mol. The summed E-state index contributed by atoms with van der Waals surface area (Å²) in [6.07, 6.45) is -3.48. The number of carbonyl (C=O) groups is 1. The Hall–Kier alpha value is -1.02. The van der Waals surface area contributed by atoms with Crippen molar-refractivity contribution in [3.8, 4) is 0 Å². The Labute approximate surface area is 151 Å². The van der Waals surface area contributed by atoms with E-state index in [1.807, 2.05) is 4.90 Å². The maximum Gasteiger partial charge on any atom is 0.416 e. The van der Waals surface area contributed by atoms with Crippen molar-refractivity contribution in [3.05, 3.63) is 35.4 Å². The quantitative estimate of drug-likeness (QED) is 0.808. The van der Waals surface area contributed by atoms with E-state index in [4.69, 9.17) is 10.5 Å². The van der Waals surface area contributed by atoms with Crippen molar-refractivity contribution in [1.29, 1.82) is 0 Å². The van der Waals surface area contributed by atoms with Crippen LogP contribution in [0, 0.1) is 0 Å². The lowest BCUT2D eigenvalue weighted by molar-refractivity contribution is -0.149. The standard InChI is InChI=1S/C15H19F3N2O2.2ClH/c1-22-13(21)14(19)5-7-20(8-6-14)10-11-3-2-4-12(9-11)15(16,17)18;;/h2-4,9H,5-8,10,19H2,1H3;2*1H. The minimum atomic E-state index is -4.34. The SMILES string of the molecule is COC(=O)C1(N)CCN(Cc2cccc(C(F)(F)F)c2)CC1.Cl.Cl. The summed E-state index contributed by atoms with van der Waals surface area (Å²) < 4.78 is 42.8. The van der Waals surface area contributed by atoms with Crippen molar-refractivity contribution in [3.63, 3.8) is 0 Å². The number of benzene rings is 1. The molecule has 0 aromatic heterocycles. The molecule has 1 aromatic carbocycles. The van der Waals surface area contributed by atoms with Crippen LogP contribution in [-0.2, 0) is 22.3 Å². The molecule has 24 heavy (non-hydrogen) atoms. The van der Waals surface area contributed by atoms with Crippen molar-refractivity contribution in [2.45, 2.75) is 31.1 Å². The number of nitrogens with zero attached hydrogens (tertiary/aromatic N) is 1. The Morgan fingerprint density at radius 1 is 1.29 bits per heavy atom. The second-order valence-electron chi connectivity index (χ2n) is 5.62. The van der Waals surface area contributed by atoms with E-state index in [-0.39, 0.29) is 24.8 Å². The molecule has 0 spiro atoms. The molecule has 2 N–H and O–H groups in total. The van der Waals surface area contributed by atoms with Crippen molar-refractivity contribution in [2.24, 2.45) is 5.73 Å². The minimum absolute atomic E-state index is 0. The van der Waals surface area contributed by atoms with Gasteiger partial charge in [-0.1, -0.05) is 18.2 Å². The zero-order valence-electron chi connectivity index (χ0n) is 13.1. The molecule has 4 nitrogen and oxygen atoms in total. The van der Waals surface area contributed by atoms with Crippen LogP contribution in [0.3, 0.4) is 0 Å². The number of alkyl halides is 3. The minimum Gasteiger partial charge on any atom is -0.468 e. The van der Waals surface area contributed by atoms with Crippen LogP contribution in [-0.4, -0.2) is 36.6 Å². The van der Waals surface area contributed by atoms with Gasteiger partial charge < -0.3 is 10.5 Å². The van der Waals surface area contributed by atoms with Crippen molar-refractivity contribution >= 4 is 30.8 Å². The highest BCUT2D eigenvalue weighted by Gasteiger charge is 2.38. The molecule has 0 unspecified atom stereocenters. The van der Waals surface area contributed by atoms with Crippen LogP contribution in [0.2, 0.25) is 0 Å². The van der Waals surface area contributed by atoms with Gasteiger partial charge >= 0.3 is 12.1 Å². The molecule has 1 saturated heterocycles. The molecule has 0 bridgehead atoms. The highest BCUT2D eigenvalue weighted by Crippen LogP contribution is 2.30. The topological polar surface area (TPSA) is 55.6 Å². The van der Waals surface area contributed by atoms with Crippen molar-refractivity contribution in [2.75, 3.05) is 20.2 Å². The molecular weight excluding hydrogens is 368 g/mol. The number of nitrogens with two attached hydrogens (primary N) is 1. The van der Waals surface area contributed by atoms with Gasteiger partial charge in [-0.3, -0.25) is 9.69 Å². The molecule has 0 amide bonds. The van der Waals surface area contributed by atoms with Crippen molar-refractivity contribution < 1.29 is 22.7 Å². The first kappa shape index (κ1) is 23.0. The third-order valence-electron chi connectivity index (χ3n) is 4.00. The average Bonchev–Trinajstić information content (AvgIpc) is 2.48. The van der Waals surface area contributed by atoms with E-state index in [2.05, 4.69) is 0 Å². The Morgan fingerprint density at radius 3 is 2.38 bits per heavy atom. The Bertz CT molecular complexity index is 548.